The molecule has 0 amide bonds. The van der Waals surface area contributed by atoms with Gasteiger partial charge in [0.2, 0.25) is 10.0 Å². The Morgan fingerprint density at radius 3 is 2.12 bits per heavy atom. The Kier molecular flexibility index (Phi) is 3.77. The number of aliphatic carboxylic acids is 1. The zero-order valence-electron chi connectivity index (χ0n) is 9.91. The van der Waals surface area contributed by atoms with Gasteiger partial charge in [0.1, 0.15) is 6.04 Å². The van der Waals surface area contributed by atoms with Gasteiger partial charge in [-0.15, -0.1) is 0 Å². The van der Waals surface area contributed by atoms with Crippen LogP contribution in [0.2, 0.25) is 0 Å². The van der Waals surface area contributed by atoms with E-state index < -0.39 is 22.0 Å². The third-order valence-electron chi connectivity index (χ3n) is 2.35. The molecule has 0 saturated carbocycles. The molecule has 0 fully saturated rings. The minimum absolute atomic E-state index is 0.355. The van der Waals surface area contributed by atoms with E-state index in [1.165, 1.54) is 6.92 Å². The average molecular weight is 257 g/mol. The van der Waals surface area contributed by atoms with E-state index >= 15 is 0 Å². The molecule has 0 heterocycles. The van der Waals surface area contributed by atoms with Gasteiger partial charge in [-0.3, -0.25) is 4.31 Å². The van der Waals surface area contributed by atoms with Gasteiger partial charge in [-0.2, -0.15) is 0 Å². The second kappa shape index (κ2) is 4.75. The molecular formula is C11H15NO4S. The molecule has 0 bridgehead atoms. The van der Waals surface area contributed by atoms with E-state index in [0.717, 1.165) is 16.1 Å². The quantitative estimate of drug-likeness (QED) is 0.880. The summed E-state index contributed by atoms with van der Waals surface area (Å²) in [6.07, 6.45) is 0.992. The lowest BCUT2D eigenvalue weighted by Gasteiger charge is -2.26. The van der Waals surface area contributed by atoms with E-state index in [0.29, 0.717) is 5.69 Å². The van der Waals surface area contributed by atoms with Crippen molar-refractivity contribution in [1.82, 2.24) is 0 Å². The second-order valence-corrected chi connectivity index (χ2v) is 5.77. The van der Waals surface area contributed by atoms with Crippen LogP contribution in [0.5, 0.6) is 0 Å². The van der Waals surface area contributed by atoms with Gasteiger partial charge in [0, 0.05) is 0 Å². The number of hydrogen-bond acceptors (Lipinski definition) is 3. The van der Waals surface area contributed by atoms with Crippen molar-refractivity contribution in [2.24, 2.45) is 0 Å². The molecule has 0 aliphatic heterocycles. The Balaban J connectivity index is 3.25. The molecule has 94 valence electrons. The van der Waals surface area contributed by atoms with E-state index in [4.69, 9.17) is 5.11 Å². The summed E-state index contributed by atoms with van der Waals surface area (Å²) in [5.74, 6) is -1.18. The fourth-order valence-electron chi connectivity index (χ4n) is 1.49. The highest BCUT2D eigenvalue weighted by molar-refractivity contribution is 7.92. The second-order valence-electron chi connectivity index (χ2n) is 3.91. The van der Waals surface area contributed by atoms with Gasteiger partial charge in [0.25, 0.3) is 0 Å². The summed E-state index contributed by atoms with van der Waals surface area (Å²) in [7, 11) is -3.62. The summed E-state index contributed by atoms with van der Waals surface area (Å²) in [6.45, 7) is 3.21. The van der Waals surface area contributed by atoms with Crippen molar-refractivity contribution in [3.63, 3.8) is 0 Å². The van der Waals surface area contributed by atoms with Crippen LogP contribution >= 0.6 is 0 Å². The van der Waals surface area contributed by atoms with Crippen LogP contribution in [0.15, 0.2) is 24.3 Å². The summed E-state index contributed by atoms with van der Waals surface area (Å²) < 4.78 is 24.1. The smallest absolute Gasteiger partial charge is 0.327 e. The first-order chi connectivity index (χ1) is 7.73. The van der Waals surface area contributed by atoms with Gasteiger partial charge in [0.05, 0.1) is 11.9 Å². The van der Waals surface area contributed by atoms with E-state index in [2.05, 4.69) is 0 Å². The fourth-order valence-corrected chi connectivity index (χ4v) is 2.66. The molecular weight excluding hydrogens is 242 g/mol. The van der Waals surface area contributed by atoms with Crippen molar-refractivity contribution in [2.75, 3.05) is 10.6 Å². The van der Waals surface area contributed by atoms with Gasteiger partial charge in [-0.1, -0.05) is 17.7 Å². The van der Waals surface area contributed by atoms with E-state index in [9.17, 15) is 13.2 Å². The first kappa shape index (κ1) is 13.5. The lowest BCUT2D eigenvalue weighted by atomic mass is 10.2. The van der Waals surface area contributed by atoms with Crippen LogP contribution in [0.1, 0.15) is 12.5 Å². The molecule has 0 unspecified atom stereocenters. The minimum atomic E-state index is -3.62. The summed E-state index contributed by atoms with van der Waals surface area (Å²) in [5.41, 5.74) is 1.33. The summed E-state index contributed by atoms with van der Waals surface area (Å²) in [5, 5.41) is 8.93. The SMILES string of the molecule is Cc1ccc(N([C@@H](C)C(=O)O)S(C)(=O)=O)cc1. The van der Waals surface area contributed by atoms with Crippen molar-refractivity contribution in [3.8, 4) is 0 Å². The van der Waals surface area contributed by atoms with Gasteiger partial charge >= 0.3 is 5.97 Å². The van der Waals surface area contributed by atoms with Crippen LogP contribution in [-0.2, 0) is 14.8 Å². The molecule has 0 aromatic heterocycles. The van der Waals surface area contributed by atoms with E-state index in [1.54, 1.807) is 24.3 Å². The van der Waals surface area contributed by atoms with Crippen LogP contribution in [-0.4, -0.2) is 31.8 Å². The summed E-state index contributed by atoms with van der Waals surface area (Å²) in [6, 6.07) is 5.53. The molecule has 1 aromatic rings. The highest BCUT2D eigenvalue weighted by Gasteiger charge is 2.28. The molecule has 0 aliphatic carbocycles. The minimum Gasteiger partial charge on any atom is -0.480 e. The molecule has 17 heavy (non-hydrogen) atoms. The molecule has 0 saturated heterocycles. The molecule has 0 radical (unpaired) electrons. The topological polar surface area (TPSA) is 74.7 Å². The van der Waals surface area contributed by atoms with Crippen LogP contribution < -0.4 is 4.31 Å². The number of aryl methyl sites for hydroxylation is 1. The highest BCUT2D eigenvalue weighted by atomic mass is 32.2. The zero-order chi connectivity index (χ0) is 13.2. The predicted molar refractivity (Wildman–Crippen MR) is 65.6 cm³/mol. The van der Waals surface area contributed by atoms with Gasteiger partial charge in [-0.05, 0) is 26.0 Å². The Bertz CT molecular complexity index is 507. The number of carbonyl (C=O) groups is 1. The van der Waals surface area contributed by atoms with Crippen LogP contribution in [0.25, 0.3) is 0 Å². The molecule has 5 nitrogen and oxygen atoms in total. The number of carboxylic acids is 1. The normalized spacial score (nSPS) is 13.1. The number of sulfonamides is 1. The first-order valence-corrected chi connectivity index (χ1v) is 6.87. The van der Waals surface area contributed by atoms with Gasteiger partial charge < -0.3 is 5.11 Å². The Hall–Kier alpha value is -1.56. The number of rotatable bonds is 4. The van der Waals surface area contributed by atoms with Crippen molar-refractivity contribution in [3.05, 3.63) is 29.8 Å². The number of hydrogen-bond donors (Lipinski definition) is 1. The van der Waals surface area contributed by atoms with Crippen LogP contribution in [0.4, 0.5) is 5.69 Å². The lowest BCUT2D eigenvalue weighted by molar-refractivity contribution is -0.137. The lowest BCUT2D eigenvalue weighted by Crippen LogP contribution is -2.42. The third kappa shape index (κ3) is 3.20. The van der Waals surface area contributed by atoms with Crippen molar-refractivity contribution in [1.29, 1.82) is 0 Å². The Morgan fingerprint density at radius 2 is 1.76 bits per heavy atom. The molecule has 1 N–H and O–H groups in total. The first-order valence-electron chi connectivity index (χ1n) is 5.02. The summed E-state index contributed by atoms with van der Waals surface area (Å²) in [4.78, 5) is 10.9. The predicted octanol–water partition coefficient (Wildman–Crippen LogP) is 1.23. The molecule has 1 rings (SSSR count). The zero-order valence-corrected chi connectivity index (χ0v) is 10.7. The maximum atomic E-state index is 11.6. The number of carboxylic acid groups (broad SMARTS) is 1. The third-order valence-corrected chi connectivity index (χ3v) is 3.60. The van der Waals surface area contributed by atoms with E-state index in [-0.39, 0.29) is 0 Å². The number of nitrogens with zero attached hydrogens (tertiary/aromatic N) is 1. The monoisotopic (exact) mass is 257 g/mol. The molecule has 0 spiro atoms. The Morgan fingerprint density at radius 1 is 1.29 bits per heavy atom. The standard InChI is InChI=1S/C11H15NO4S/c1-8-4-6-10(7-5-8)12(17(3,15)16)9(2)11(13)14/h4-7,9H,1-3H3,(H,13,14)/t9-/m0/s1. The Labute approximate surface area is 101 Å². The van der Waals surface area contributed by atoms with Crippen molar-refractivity contribution in [2.45, 2.75) is 19.9 Å². The maximum Gasteiger partial charge on any atom is 0.327 e. The largest absolute Gasteiger partial charge is 0.480 e. The van der Waals surface area contributed by atoms with Gasteiger partial charge in [0.15, 0.2) is 0 Å². The van der Waals surface area contributed by atoms with E-state index in [1.807, 2.05) is 6.92 Å². The fraction of sp³-hybridized carbons (Fsp3) is 0.364. The number of anilines is 1. The molecule has 1 atom stereocenters. The number of benzene rings is 1. The van der Waals surface area contributed by atoms with Crippen LogP contribution in [0, 0.1) is 6.92 Å². The summed E-state index contributed by atoms with van der Waals surface area (Å²) >= 11 is 0. The van der Waals surface area contributed by atoms with Crippen molar-refractivity contribution < 1.29 is 18.3 Å². The molecule has 0 aliphatic rings. The molecule has 6 heteroatoms. The van der Waals surface area contributed by atoms with Crippen LogP contribution in [0.3, 0.4) is 0 Å². The van der Waals surface area contributed by atoms with Gasteiger partial charge in [-0.25, -0.2) is 13.2 Å². The molecule has 1 aromatic carbocycles. The highest BCUT2D eigenvalue weighted by Crippen LogP contribution is 2.21. The average Bonchev–Trinajstić information content (AvgIpc) is 2.19. The maximum absolute atomic E-state index is 11.6. The van der Waals surface area contributed by atoms with Crippen molar-refractivity contribution >= 4 is 21.7 Å².